The molecule has 1 aromatic heterocycles. The average molecular weight is 514 g/mol. The molecule has 2 heterocycles. The molecular weight excluding hydrogens is 489 g/mol. The lowest BCUT2D eigenvalue weighted by atomic mass is 10.1. The molecule has 1 aliphatic rings. The smallest absolute Gasteiger partial charge is 0.268 e. The van der Waals surface area contributed by atoms with E-state index in [4.69, 9.17) is 4.74 Å². The minimum absolute atomic E-state index is 0.177. The second kappa shape index (κ2) is 9.89. The molecule has 1 fully saturated rings. The lowest BCUT2D eigenvalue weighted by Gasteiger charge is -2.31. The largest absolute Gasteiger partial charge is 0.618 e. The zero-order chi connectivity index (χ0) is 23.5. The summed E-state index contributed by atoms with van der Waals surface area (Å²) in [6.07, 6.45) is 4.05. The second-order valence-corrected chi connectivity index (χ2v) is 9.10. The van der Waals surface area contributed by atoms with E-state index in [0.717, 1.165) is 10.0 Å². The molecule has 4 rings (SSSR count). The van der Waals surface area contributed by atoms with Gasteiger partial charge in [-0.3, -0.25) is 4.79 Å². The van der Waals surface area contributed by atoms with Crippen molar-refractivity contribution in [2.24, 2.45) is 0 Å². The SMILES string of the molecule is CC(C)Oc1c(N2CCNCC2)c(F)cc2cc(C(=O)C=Cc3ccc(Br)cc3)c[n+]([O-])c12. The molecule has 1 N–H and O–H groups in total. The van der Waals surface area contributed by atoms with Crippen LogP contribution in [0.15, 0.2) is 53.1 Å². The summed E-state index contributed by atoms with van der Waals surface area (Å²) in [5.74, 6) is -0.612. The van der Waals surface area contributed by atoms with Crippen LogP contribution in [-0.4, -0.2) is 38.1 Å². The van der Waals surface area contributed by atoms with Crippen molar-refractivity contribution in [3.05, 3.63) is 75.3 Å². The van der Waals surface area contributed by atoms with Crippen molar-refractivity contribution in [1.82, 2.24) is 5.32 Å². The average Bonchev–Trinajstić information content (AvgIpc) is 2.78. The van der Waals surface area contributed by atoms with Gasteiger partial charge >= 0.3 is 0 Å². The molecule has 0 atom stereocenters. The van der Waals surface area contributed by atoms with Crippen LogP contribution in [0.3, 0.4) is 0 Å². The Morgan fingerprint density at radius 2 is 1.94 bits per heavy atom. The number of rotatable bonds is 6. The zero-order valence-corrected chi connectivity index (χ0v) is 20.1. The number of pyridine rings is 1. The summed E-state index contributed by atoms with van der Waals surface area (Å²) in [6.45, 7) is 6.30. The number of aromatic nitrogens is 1. The Labute approximate surface area is 200 Å². The lowest BCUT2D eigenvalue weighted by molar-refractivity contribution is -0.577. The monoisotopic (exact) mass is 513 g/mol. The summed E-state index contributed by atoms with van der Waals surface area (Å²) in [5, 5.41) is 16.6. The fourth-order valence-corrected chi connectivity index (χ4v) is 4.13. The number of hydrogen-bond donors (Lipinski definition) is 1. The third-order valence-corrected chi connectivity index (χ3v) is 5.90. The molecule has 0 spiro atoms. The van der Waals surface area contributed by atoms with Crippen molar-refractivity contribution >= 4 is 44.4 Å². The van der Waals surface area contributed by atoms with E-state index in [1.165, 1.54) is 24.4 Å². The van der Waals surface area contributed by atoms with Crippen molar-refractivity contribution in [2.45, 2.75) is 20.0 Å². The lowest BCUT2D eigenvalue weighted by Crippen LogP contribution is -2.44. The Hall–Kier alpha value is -2.97. The van der Waals surface area contributed by atoms with Gasteiger partial charge in [-0.1, -0.05) is 34.1 Å². The van der Waals surface area contributed by atoms with E-state index >= 15 is 4.39 Å². The van der Waals surface area contributed by atoms with Crippen molar-refractivity contribution in [2.75, 3.05) is 31.1 Å². The van der Waals surface area contributed by atoms with Gasteiger partial charge in [0, 0.05) is 30.7 Å². The quantitative estimate of drug-likeness (QED) is 0.228. The first-order valence-electron chi connectivity index (χ1n) is 10.8. The van der Waals surface area contributed by atoms with Crippen LogP contribution < -0.4 is 19.7 Å². The molecule has 1 aliphatic heterocycles. The fraction of sp³-hybridized carbons (Fsp3) is 0.280. The van der Waals surface area contributed by atoms with Crippen molar-refractivity contribution in [3.8, 4) is 5.75 Å². The standard InChI is InChI=1S/C25H25BrFN3O3/c1-16(2)33-25-23-18(14-21(27)24(25)29-11-9-28-10-12-29)13-19(15-30(23)32)22(31)8-5-17-3-6-20(26)7-4-17/h3-8,13-16,28H,9-12H2,1-2H3. The maximum atomic E-state index is 15.3. The first kappa shape index (κ1) is 23.2. The van der Waals surface area contributed by atoms with Crippen LogP contribution >= 0.6 is 15.9 Å². The number of nitrogens with zero attached hydrogens (tertiary/aromatic N) is 2. The zero-order valence-electron chi connectivity index (χ0n) is 18.5. The predicted octanol–water partition coefficient (Wildman–Crippen LogP) is 4.47. The van der Waals surface area contributed by atoms with Gasteiger partial charge in [0.25, 0.3) is 5.52 Å². The number of anilines is 1. The number of fused-ring (bicyclic) bond motifs is 1. The number of carbonyl (C=O) groups excluding carboxylic acids is 1. The Bertz CT molecular complexity index is 1210. The summed E-state index contributed by atoms with van der Waals surface area (Å²) < 4.78 is 22.8. The highest BCUT2D eigenvalue weighted by molar-refractivity contribution is 9.10. The van der Waals surface area contributed by atoms with E-state index in [1.54, 1.807) is 6.08 Å². The molecule has 0 bridgehead atoms. The number of allylic oxidation sites excluding steroid dienone is 1. The molecule has 172 valence electrons. The number of piperazine rings is 1. The van der Waals surface area contributed by atoms with Gasteiger partial charge in [0.15, 0.2) is 17.8 Å². The molecular formula is C25H25BrFN3O3. The van der Waals surface area contributed by atoms with Gasteiger partial charge in [-0.2, -0.15) is 4.73 Å². The Morgan fingerprint density at radius 3 is 2.61 bits per heavy atom. The number of nitrogens with one attached hydrogen (secondary N) is 1. The first-order chi connectivity index (χ1) is 15.8. The van der Waals surface area contributed by atoms with Crippen LogP contribution in [0.25, 0.3) is 17.0 Å². The number of halogens is 2. The number of carbonyl (C=O) groups is 1. The Balaban J connectivity index is 1.76. The van der Waals surface area contributed by atoms with E-state index in [2.05, 4.69) is 21.2 Å². The van der Waals surface area contributed by atoms with Crippen LogP contribution in [0.2, 0.25) is 0 Å². The van der Waals surface area contributed by atoms with Gasteiger partial charge in [-0.15, -0.1) is 0 Å². The summed E-state index contributed by atoms with van der Waals surface area (Å²) in [6, 6.07) is 10.3. The molecule has 0 saturated carbocycles. The first-order valence-corrected chi connectivity index (χ1v) is 11.6. The predicted molar refractivity (Wildman–Crippen MR) is 131 cm³/mol. The maximum Gasteiger partial charge on any atom is 0.268 e. The minimum atomic E-state index is -0.477. The maximum absolute atomic E-state index is 15.3. The molecule has 0 amide bonds. The molecule has 8 heteroatoms. The van der Waals surface area contributed by atoms with Crippen molar-refractivity contribution in [3.63, 3.8) is 0 Å². The molecule has 33 heavy (non-hydrogen) atoms. The highest BCUT2D eigenvalue weighted by Crippen LogP contribution is 2.38. The van der Waals surface area contributed by atoms with E-state index in [-0.39, 0.29) is 34.4 Å². The summed E-state index contributed by atoms with van der Waals surface area (Å²) in [7, 11) is 0. The van der Waals surface area contributed by atoms with Crippen molar-refractivity contribution in [1.29, 1.82) is 0 Å². The van der Waals surface area contributed by atoms with Crippen LogP contribution in [0, 0.1) is 11.0 Å². The van der Waals surface area contributed by atoms with Gasteiger partial charge in [0.2, 0.25) is 5.75 Å². The second-order valence-electron chi connectivity index (χ2n) is 8.18. The van der Waals surface area contributed by atoms with Crippen LogP contribution in [0.1, 0.15) is 29.8 Å². The Kier molecular flexibility index (Phi) is 6.95. The van der Waals surface area contributed by atoms with Gasteiger partial charge in [0.05, 0.1) is 17.1 Å². The molecule has 0 aliphatic carbocycles. The number of benzene rings is 2. The van der Waals surface area contributed by atoms with E-state index in [1.807, 2.05) is 43.0 Å². The number of ether oxygens (including phenoxy) is 1. The van der Waals surface area contributed by atoms with Gasteiger partial charge in [-0.05, 0) is 49.8 Å². The van der Waals surface area contributed by atoms with Gasteiger partial charge in [-0.25, -0.2) is 4.39 Å². The molecule has 0 radical (unpaired) electrons. The fourth-order valence-electron chi connectivity index (χ4n) is 3.87. The highest BCUT2D eigenvalue weighted by Gasteiger charge is 2.28. The van der Waals surface area contributed by atoms with Crippen LogP contribution in [-0.2, 0) is 0 Å². The third kappa shape index (κ3) is 5.17. The third-order valence-electron chi connectivity index (χ3n) is 5.37. The van der Waals surface area contributed by atoms with E-state index < -0.39 is 5.82 Å². The van der Waals surface area contributed by atoms with E-state index in [9.17, 15) is 10.0 Å². The van der Waals surface area contributed by atoms with Gasteiger partial charge < -0.3 is 20.2 Å². The summed E-state index contributed by atoms with van der Waals surface area (Å²) in [4.78, 5) is 14.6. The van der Waals surface area contributed by atoms with Crippen LogP contribution in [0.5, 0.6) is 5.75 Å². The Morgan fingerprint density at radius 1 is 1.24 bits per heavy atom. The topological polar surface area (TPSA) is 68.5 Å². The van der Waals surface area contributed by atoms with E-state index in [0.29, 0.717) is 36.3 Å². The number of ketones is 1. The number of hydrogen-bond acceptors (Lipinski definition) is 5. The molecule has 0 unspecified atom stereocenters. The normalized spacial score (nSPS) is 14.4. The summed E-state index contributed by atoms with van der Waals surface area (Å²) >= 11 is 3.37. The molecule has 2 aromatic carbocycles. The molecule has 3 aromatic rings. The summed E-state index contributed by atoms with van der Waals surface area (Å²) in [5.41, 5.74) is 1.53. The van der Waals surface area contributed by atoms with Crippen molar-refractivity contribution < 1.29 is 18.7 Å². The van der Waals surface area contributed by atoms with Crippen LogP contribution in [0.4, 0.5) is 10.1 Å². The highest BCUT2D eigenvalue weighted by atomic mass is 79.9. The minimum Gasteiger partial charge on any atom is -0.618 e. The van der Waals surface area contributed by atoms with Gasteiger partial charge in [0.1, 0.15) is 5.69 Å². The molecule has 6 nitrogen and oxygen atoms in total. The molecule has 1 saturated heterocycles.